The molecule has 0 aliphatic heterocycles. The highest BCUT2D eigenvalue weighted by Crippen LogP contribution is 2.16. The van der Waals surface area contributed by atoms with Crippen LogP contribution in [-0.2, 0) is 22.5 Å². The fourth-order valence-corrected chi connectivity index (χ4v) is 2.74. The first-order valence-electron chi connectivity index (χ1n) is 7.39. The number of ether oxygens (including phenoxy) is 1. The maximum atomic E-state index is 11.9. The van der Waals surface area contributed by atoms with Gasteiger partial charge in [-0.1, -0.05) is 42.1 Å². The molecule has 2 rings (SSSR count). The summed E-state index contributed by atoms with van der Waals surface area (Å²) in [5.41, 5.74) is 0.354. The summed E-state index contributed by atoms with van der Waals surface area (Å²) in [6.45, 7) is 5.97. The highest BCUT2D eigenvalue weighted by Gasteiger charge is 2.18. The molecule has 2 aromatic rings. The zero-order valence-corrected chi connectivity index (χ0v) is 14.4. The van der Waals surface area contributed by atoms with Crippen molar-refractivity contribution >= 4 is 17.7 Å². The first-order valence-corrected chi connectivity index (χ1v) is 8.37. The zero-order valence-electron chi connectivity index (χ0n) is 13.5. The molecule has 6 nitrogen and oxygen atoms in total. The topological polar surface area (TPSA) is 77.0 Å². The Kier molecular flexibility index (Phi) is 5.65. The van der Waals surface area contributed by atoms with Gasteiger partial charge in [0, 0.05) is 6.54 Å². The number of esters is 1. The van der Waals surface area contributed by atoms with E-state index in [1.807, 2.05) is 51.1 Å². The van der Waals surface area contributed by atoms with Crippen molar-refractivity contribution in [2.75, 3.05) is 5.75 Å². The number of aryl methyl sites for hydroxylation is 1. The standard InChI is InChI=1S/C16H21N3O3S/c1-16(2,3)22-13(20)11-23-15-18-17-14(21)19(15)10-9-12-7-5-4-6-8-12/h4-8H,9-11H2,1-3H3,(H,17,21). The van der Waals surface area contributed by atoms with E-state index in [0.717, 1.165) is 12.0 Å². The molecular formula is C16H21N3O3S. The number of carbonyl (C=O) groups is 1. The number of nitrogens with one attached hydrogen (secondary N) is 1. The Morgan fingerprint density at radius 1 is 1.30 bits per heavy atom. The number of thioether (sulfide) groups is 1. The maximum Gasteiger partial charge on any atom is 0.343 e. The lowest BCUT2D eigenvalue weighted by Gasteiger charge is -2.19. The molecule has 0 bridgehead atoms. The first kappa shape index (κ1) is 17.3. The van der Waals surface area contributed by atoms with Gasteiger partial charge in [-0.15, -0.1) is 5.10 Å². The fraction of sp³-hybridized carbons (Fsp3) is 0.438. The van der Waals surface area contributed by atoms with E-state index in [4.69, 9.17) is 4.74 Å². The summed E-state index contributed by atoms with van der Waals surface area (Å²) in [6, 6.07) is 9.91. The largest absolute Gasteiger partial charge is 0.459 e. The van der Waals surface area contributed by atoms with Crippen LogP contribution < -0.4 is 5.69 Å². The molecule has 0 fully saturated rings. The predicted molar refractivity (Wildman–Crippen MR) is 89.6 cm³/mol. The molecule has 0 aliphatic rings. The number of carbonyl (C=O) groups excluding carboxylic acids is 1. The third-order valence-electron chi connectivity index (χ3n) is 2.93. The Labute approximate surface area is 139 Å². The van der Waals surface area contributed by atoms with Crippen LogP contribution in [0.5, 0.6) is 0 Å². The van der Waals surface area contributed by atoms with E-state index in [9.17, 15) is 9.59 Å². The van der Waals surface area contributed by atoms with Crippen molar-refractivity contribution in [3.05, 3.63) is 46.4 Å². The number of H-pyrrole nitrogens is 1. The lowest BCUT2D eigenvalue weighted by molar-refractivity contribution is -0.151. The van der Waals surface area contributed by atoms with Gasteiger partial charge in [-0.2, -0.15) is 0 Å². The average molecular weight is 335 g/mol. The van der Waals surface area contributed by atoms with Crippen LogP contribution in [-0.4, -0.2) is 32.1 Å². The Morgan fingerprint density at radius 3 is 2.65 bits per heavy atom. The minimum atomic E-state index is -0.518. The van der Waals surface area contributed by atoms with Gasteiger partial charge < -0.3 is 4.74 Å². The number of hydrogen-bond acceptors (Lipinski definition) is 5. The van der Waals surface area contributed by atoms with Crippen molar-refractivity contribution in [1.82, 2.24) is 14.8 Å². The monoisotopic (exact) mass is 335 g/mol. The van der Waals surface area contributed by atoms with E-state index < -0.39 is 5.60 Å². The molecule has 23 heavy (non-hydrogen) atoms. The number of aromatic amines is 1. The van der Waals surface area contributed by atoms with Gasteiger partial charge in [-0.25, -0.2) is 9.89 Å². The van der Waals surface area contributed by atoms with Crippen LogP contribution in [0, 0.1) is 0 Å². The maximum absolute atomic E-state index is 11.9. The van der Waals surface area contributed by atoms with Gasteiger partial charge in [0.1, 0.15) is 5.60 Å². The molecule has 7 heteroatoms. The number of hydrogen-bond donors (Lipinski definition) is 1. The van der Waals surface area contributed by atoms with Crippen molar-refractivity contribution in [2.24, 2.45) is 0 Å². The van der Waals surface area contributed by atoms with Gasteiger partial charge in [0.05, 0.1) is 5.75 Å². The van der Waals surface area contributed by atoms with Crippen molar-refractivity contribution in [1.29, 1.82) is 0 Å². The van der Waals surface area contributed by atoms with E-state index in [0.29, 0.717) is 11.7 Å². The minimum absolute atomic E-state index is 0.118. The van der Waals surface area contributed by atoms with Crippen molar-refractivity contribution < 1.29 is 9.53 Å². The lowest BCUT2D eigenvalue weighted by atomic mass is 10.1. The summed E-state index contributed by atoms with van der Waals surface area (Å²) < 4.78 is 6.79. The molecule has 0 unspecified atom stereocenters. The van der Waals surface area contributed by atoms with Gasteiger partial charge in [0.2, 0.25) is 0 Å². The highest BCUT2D eigenvalue weighted by atomic mass is 32.2. The van der Waals surface area contributed by atoms with Gasteiger partial charge in [-0.3, -0.25) is 9.36 Å². The molecule has 124 valence electrons. The Balaban J connectivity index is 1.96. The van der Waals surface area contributed by atoms with E-state index in [1.54, 1.807) is 4.57 Å². The number of rotatable bonds is 6. The molecule has 0 spiro atoms. The first-order chi connectivity index (χ1) is 10.8. The summed E-state index contributed by atoms with van der Waals surface area (Å²) in [7, 11) is 0. The molecule has 1 N–H and O–H groups in total. The van der Waals surface area contributed by atoms with Gasteiger partial charge in [0.15, 0.2) is 5.16 Å². The summed E-state index contributed by atoms with van der Waals surface area (Å²) in [4.78, 5) is 23.6. The molecule has 1 heterocycles. The summed E-state index contributed by atoms with van der Waals surface area (Å²) in [5.74, 6) is -0.208. The van der Waals surface area contributed by atoms with E-state index >= 15 is 0 Å². The van der Waals surface area contributed by atoms with Crippen LogP contribution in [0.1, 0.15) is 26.3 Å². The van der Waals surface area contributed by atoms with E-state index in [2.05, 4.69) is 10.2 Å². The van der Waals surface area contributed by atoms with Gasteiger partial charge >= 0.3 is 11.7 Å². The second-order valence-electron chi connectivity index (χ2n) is 6.07. The quantitative estimate of drug-likeness (QED) is 0.647. The van der Waals surface area contributed by atoms with E-state index in [1.165, 1.54) is 11.8 Å². The third-order valence-corrected chi connectivity index (χ3v) is 3.88. The van der Waals surface area contributed by atoms with Crippen molar-refractivity contribution in [3.8, 4) is 0 Å². The third kappa shape index (κ3) is 5.59. The molecule has 0 aliphatic carbocycles. The number of benzene rings is 1. The Morgan fingerprint density at radius 2 is 2.00 bits per heavy atom. The van der Waals surface area contributed by atoms with Crippen LogP contribution in [0.4, 0.5) is 0 Å². The van der Waals surface area contributed by atoms with Crippen LogP contribution in [0.25, 0.3) is 0 Å². The SMILES string of the molecule is CC(C)(C)OC(=O)CSc1n[nH]c(=O)n1CCc1ccccc1. The van der Waals surface area contributed by atoms with Crippen molar-refractivity contribution in [2.45, 2.75) is 44.5 Å². The highest BCUT2D eigenvalue weighted by molar-refractivity contribution is 7.99. The average Bonchev–Trinajstić information content (AvgIpc) is 2.83. The molecule has 0 radical (unpaired) electrons. The van der Waals surface area contributed by atoms with Gasteiger partial charge in [-0.05, 0) is 32.8 Å². The Bertz CT molecular complexity index is 701. The second-order valence-corrected chi connectivity index (χ2v) is 7.02. The van der Waals surface area contributed by atoms with E-state index in [-0.39, 0.29) is 17.4 Å². The predicted octanol–water partition coefficient (Wildman–Crippen LogP) is 2.25. The lowest BCUT2D eigenvalue weighted by Crippen LogP contribution is -2.25. The van der Waals surface area contributed by atoms with Crippen LogP contribution in [0.3, 0.4) is 0 Å². The molecule has 0 atom stereocenters. The summed E-state index contributed by atoms with van der Waals surface area (Å²) in [6.07, 6.45) is 0.722. The normalized spacial score (nSPS) is 11.4. The molecule has 1 aromatic heterocycles. The second kappa shape index (κ2) is 7.50. The summed E-state index contributed by atoms with van der Waals surface area (Å²) >= 11 is 1.20. The smallest absolute Gasteiger partial charge is 0.343 e. The van der Waals surface area contributed by atoms with Crippen LogP contribution in [0.15, 0.2) is 40.3 Å². The number of aromatic nitrogens is 3. The zero-order chi connectivity index (χ0) is 16.9. The van der Waals surface area contributed by atoms with Crippen LogP contribution in [0.2, 0.25) is 0 Å². The molecule has 0 amide bonds. The minimum Gasteiger partial charge on any atom is -0.459 e. The fourth-order valence-electron chi connectivity index (χ4n) is 1.99. The molecule has 1 aromatic carbocycles. The molecule has 0 saturated carbocycles. The van der Waals surface area contributed by atoms with Crippen LogP contribution >= 0.6 is 11.8 Å². The Hall–Kier alpha value is -2.02. The van der Waals surface area contributed by atoms with Crippen molar-refractivity contribution in [3.63, 3.8) is 0 Å². The van der Waals surface area contributed by atoms with Gasteiger partial charge in [0.25, 0.3) is 0 Å². The number of nitrogens with zero attached hydrogens (tertiary/aromatic N) is 2. The molecule has 0 saturated heterocycles. The molecular weight excluding hydrogens is 314 g/mol. The summed E-state index contributed by atoms with van der Waals surface area (Å²) in [5, 5.41) is 6.90.